The molecule has 0 fully saturated rings. The molecule has 4 heteroatoms. The number of benzene rings is 3. The minimum absolute atomic E-state index is 0.378. The average molecular weight is 372 g/mol. The number of hydrogen-bond acceptors (Lipinski definition) is 2. The van der Waals surface area contributed by atoms with Crippen LogP contribution in [-0.2, 0) is 0 Å². The Morgan fingerprint density at radius 3 is 2.19 bits per heavy atom. The smallest absolute Gasteiger partial charge is 0.346 e. The zero-order chi connectivity index (χ0) is 18.4. The average Bonchev–Trinajstić information content (AvgIpc) is 3.10. The van der Waals surface area contributed by atoms with Gasteiger partial charge in [0.15, 0.2) is 0 Å². The number of halogens is 1. The Morgan fingerprint density at radius 1 is 0.815 bits per heavy atom. The van der Waals surface area contributed by atoms with Gasteiger partial charge in [0, 0.05) is 22.0 Å². The van der Waals surface area contributed by atoms with Crippen molar-refractivity contribution in [1.82, 2.24) is 4.98 Å². The van der Waals surface area contributed by atoms with E-state index in [4.69, 9.17) is 16.0 Å². The highest BCUT2D eigenvalue weighted by Crippen LogP contribution is 2.39. The summed E-state index contributed by atoms with van der Waals surface area (Å²) in [6, 6.07) is 25.2. The van der Waals surface area contributed by atoms with Gasteiger partial charge < -0.3 is 9.40 Å². The lowest BCUT2D eigenvalue weighted by atomic mass is 9.99. The largest absolute Gasteiger partial charge is 0.422 e. The van der Waals surface area contributed by atoms with Gasteiger partial charge >= 0.3 is 5.63 Å². The van der Waals surface area contributed by atoms with Crippen molar-refractivity contribution in [3.05, 3.63) is 94.3 Å². The van der Waals surface area contributed by atoms with Crippen LogP contribution < -0.4 is 5.63 Å². The molecule has 3 nitrogen and oxygen atoms in total. The monoisotopic (exact) mass is 371 g/mol. The number of H-pyrrole nitrogens is 1. The highest BCUT2D eigenvalue weighted by Gasteiger charge is 2.20. The summed E-state index contributed by atoms with van der Waals surface area (Å²) in [7, 11) is 0. The second-order valence-electron chi connectivity index (χ2n) is 6.39. The summed E-state index contributed by atoms with van der Waals surface area (Å²) < 4.78 is 5.61. The lowest BCUT2D eigenvalue weighted by molar-refractivity contribution is 0.570. The summed E-state index contributed by atoms with van der Waals surface area (Å²) in [5, 5.41) is 1.91. The molecule has 5 aromatic rings. The van der Waals surface area contributed by atoms with Gasteiger partial charge in [-0.05, 0) is 23.3 Å². The van der Waals surface area contributed by atoms with Crippen LogP contribution in [0.25, 0.3) is 44.3 Å². The van der Waals surface area contributed by atoms with Crippen molar-refractivity contribution < 1.29 is 4.42 Å². The number of aromatic nitrogens is 1. The fourth-order valence-electron chi connectivity index (χ4n) is 3.56. The fourth-order valence-corrected chi connectivity index (χ4v) is 3.72. The van der Waals surface area contributed by atoms with Gasteiger partial charge in [0.25, 0.3) is 0 Å². The maximum absolute atomic E-state index is 12.9. The van der Waals surface area contributed by atoms with E-state index >= 15 is 0 Å². The quantitative estimate of drug-likeness (QED) is 0.372. The third-order valence-electron chi connectivity index (χ3n) is 4.74. The van der Waals surface area contributed by atoms with Crippen LogP contribution in [0.1, 0.15) is 0 Å². The van der Waals surface area contributed by atoms with Crippen molar-refractivity contribution in [1.29, 1.82) is 0 Å². The maximum atomic E-state index is 12.9. The van der Waals surface area contributed by atoms with Crippen LogP contribution in [0.4, 0.5) is 0 Å². The highest BCUT2D eigenvalue weighted by molar-refractivity contribution is 6.31. The van der Waals surface area contributed by atoms with Gasteiger partial charge in [-0.2, -0.15) is 0 Å². The molecule has 0 spiro atoms. The summed E-state index contributed by atoms with van der Waals surface area (Å²) in [5.41, 5.74) is 4.57. The van der Waals surface area contributed by atoms with E-state index in [-0.39, 0.29) is 5.63 Å². The van der Waals surface area contributed by atoms with Crippen LogP contribution in [0.2, 0.25) is 5.02 Å². The van der Waals surface area contributed by atoms with Gasteiger partial charge in [-0.25, -0.2) is 4.79 Å². The molecule has 0 radical (unpaired) electrons. The van der Waals surface area contributed by atoms with Gasteiger partial charge in [0.1, 0.15) is 5.58 Å². The van der Waals surface area contributed by atoms with Crippen LogP contribution in [0, 0.1) is 0 Å². The predicted octanol–water partition coefficient (Wildman–Crippen LogP) is 6.26. The van der Waals surface area contributed by atoms with E-state index in [1.165, 1.54) is 0 Å². The first-order valence-electron chi connectivity index (χ1n) is 8.61. The molecule has 0 amide bonds. The third-order valence-corrected chi connectivity index (χ3v) is 4.98. The molecule has 3 aromatic carbocycles. The van der Waals surface area contributed by atoms with Crippen molar-refractivity contribution in [3.8, 4) is 22.4 Å². The molecule has 5 rings (SSSR count). The molecular weight excluding hydrogens is 358 g/mol. The Kier molecular flexibility index (Phi) is 3.62. The van der Waals surface area contributed by atoms with E-state index in [0.29, 0.717) is 16.0 Å². The van der Waals surface area contributed by atoms with E-state index in [0.717, 1.165) is 33.3 Å². The van der Waals surface area contributed by atoms with Crippen molar-refractivity contribution in [2.24, 2.45) is 0 Å². The van der Waals surface area contributed by atoms with E-state index < -0.39 is 0 Å². The Morgan fingerprint density at radius 2 is 1.48 bits per heavy atom. The minimum atomic E-state index is -0.378. The molecule has 2 heterocycles. The Bertz CT molecular complexity index is 1340. The molecule has 0 unspecified atom stereocenters. The first-order valence-corrected chi connectivity index (χ1v) is 8.99. The first kappa shape index (κ1) is 15.9. The molecule has 0 atom stereocenters. The van der Waals surface area contributed by atoms with Crippen LogP contribution in [0.5, 0.6) is 0 Å². The number of rotatable bonds is 2. The second kappa shape index (κ2) is 6.15. The van der Waals surface area contributed by atoms with Crippen molar-refractivity contribution in [2.45, 2.75) is 0 Å². The highest BCUT2D eigenvalue weighted by atomic mass is 35.5. The predicted molar refractivity (Wildman–Crippen MR) is 110 cm³/mol. The maximum Gasteiger partial charge on any atom is 0.346 e. The van der Waals surface area contributed by atoms with E-state index in [9.17, 15) is 4.79 Å². The van der Waals surface area contributed by atoms with E-state index in [2.05, 4.69) is 4.98 Å². The van der Waals surface area contributed by atoms with Gasteiger partial charge in [-0.15, -0.1) is 0 Å². The molecule has 2 aromatic heterocycles. The van der Waals surface area contributed by atoms with E-state index in [1.807, 2.05) is 66.7 Å². The summed E-state index contributed by atoms with van der Waals surface area (Å²) in [5.74, 6) is 0. The van der Waals surface area contributed by atoms with Crippen molar-refractivity contribution in [3.63, 3.8) is 0 Å². The molecule has 0 saturated carbocycles. The Hall–Kier alpha value is -3.30. The Balaban J connectivity index is 1.98. The lowest BCUT2D eigenvalue weighted by Gasteiger charge is -2.05. The van der Waals surface area contributed by atoms with Crippen molar-refractivity contribution in [2.75, 3.05) is 0 Å². The van der Waals surface area contributed by atoms with Crippen LogP contribution >= 0.6 is 11.6 Å². The first-order chi connectivity index (χ1) is 13.2. The second-order valence-corrected chi connectivity index (χ2v) is 6.82. The van der Waals surface area contributed by atoms with Gasteiger partial charge in [0.05, 0.1) is 16.6 Å². The zero-order valence-corrected chi connectivity index (χ0v) is 15.0. The summed E-state index contributed by atoms with van der Waals surface area (Å²) in [6.07, 6.45) is 0. The SMILES string of the molecule is O=c1oc2cc(Cl)ccc2c2[nH]c(-c3ccccc3)c(-c3ccccc3)c12. The van der Waals surface area contributed by atoms with Gasteiger partial charge in [-0.3, -0.25) is 0 Å². The Labute approximate surface area is 159 Å². The van der Waals surface area contributed by atoms with Crippen LogP contribution in [-0.4, -0.2) is 4.98 Å². The zero-order valence-electron chi connectivity index (χ0n) is 14.2. The van der Waals surface area contributed by atoms with Crippen LogP contribution in [0.15, 0.2) is 88.1 Å². The topological polar surface area (TPSA) is 46.0 Å². The number of nitrogens with one attached hydrogen (secondary N) is 1. The molecule has 0 saturated heterocycles. The molecule has 1 N–H and O–H groups in total. The molecule has 0 aliphatic rings. The molecule has 0 aliphatic carbocycles. The van der Waals surface area contributed by atoms with Gasteiger partial charge in [-0.1, -0.05) is 72.3 Å². The fraction of sp³-hybridized carbons (Fsp3) is 0. The molecule has 130 valence electrons. The molecular formula is C23H14ClNO2. The lowest BCUT2D eigenvalue weighted by Crippen LogP contribution is -1.99. The number of aromatic amines is 1. The summed E-state index contributed by atoms with van der Waals surface area (Å²) in [6.45, 7) is 0. The standard InChI is InChI=1S/C23H14ClNO2/c24-16-11-12-17-18(13-16)27-23(26)20-19(14-7-3-1-4-8-14)21(25-22(17)20)15-9-5-2-6-10-15/h1-13,25H. The van der Waals surface area contributed by atoms with Gasteiger partial charge in [0.2, 0.25) is 0 Å². The normalized spacial score (nSPS) is 11.3. The number of fused-ring (bicyclic) bond motifs is 3. The van der Waals surface area contributed by atoms with E-state index in [1.54, 1.807) is 12.1 Å². The van der Waals surface area contributed by atoms with Crippen molar-refractivity contribution >= 4 is 33.5 Å². The summed E-state index contributed by atoms with van der Waals surface area (Å²) >= 11 is 6.08. The minimum Gasteiger partial charge on any atom is -0.422 e. The molecule has 27 heavy (non-hydrogen) atoms. The number of hydrogen-bond donors (Lipinski definition) is 1. The van der Waals surface area contributed by atoms with Crippen LogP contribution in [0.3, 0.4) is 0 Å². The third kappa shape index (κ3) is 2.56. The molecule has 0 aliphatic heterocycles. The molecule has 0 bridgehead atoms. The summed E-state index contributed by atoms with van der Waals surface area (Å²) in [4.78, 5) is 16.4.